The monoisotopic (exact) mass is 1070 g/mol. The van der Waals surface area contributed by atoms with Crippen LogP contribution in [0.25, 0.3) is 10.4 Å². The molecule has 7 rings (SSSR count). The van der Waals surface area contributed by atoms with E-state index >= 15 is 0 Å². The molecule has 0 bridgehead atoms. The maximum absolute atomic E-state index is 12.2. The maximum Gasteiger partial charge on any atom is 0.338 e. The van der Waals surface area contributed by atoms with Gasteiger partial charge in [0, 0.05) is 135 Å². The number of nitrogens with zero attached hydrogens (tertiary/aromatic N) is 3. The fourth-order valence-electron chi connectivity index (χ4n) is 6.46. The van der Waals surface area contributed by atoms with Gasteiger partial charge in [0.25, 0.3) is 5.91 Å². The molecule has 4 heterocycles. The van der Waals surface area contributed by atoms with Crippen LogP contribution in [-0.4, -0.2) is 77.9 Å². The molecule has 3 fully saturated rings. The minimum absolute atomic E-state index is 0. The largest absolute Gasteiger partial charge is 0.459 e. The molecular weight excluding hydrogens is 1010 g/mol. The van der Waals surface area contributed by atoms with E-state index in [-0.39, 0.29) is 171 Å². The molecule has 0 aromatic heterocycles. The van der Waals surface area contributed by atoms with Crippen molar-refractivity contribution in [3.05, 3.63) is 137 Å². The number of rotatable bonds is 7. The smallest absolute Gasteiger partial charge is 0.338 e. The van der Waals surface area contributed by atoms with Crippen LogP contribution in [-0.2, 0) is 141 Å². The third kappa shape index (κ3) is 19.0. The van der Waals surface area contributed by atoms with Crippen molar-refractivity contribution in [1.82, 2.24) is 5.32 Å². The summed E-state index contributed by atoms with van der Waals surface area (Å²) >= 11 is 0. The van der Waals surface area contributed by atoms with E-state index in [2.05, 4.69) is 41.6 Å². The van der Waals surface area contributed by atoms with Crippen LogP contribution in [0.3, 0.4) is 0 Å². The zero-order chi connectivity index (χ0) is 42.8. The fraction of sp³-hybridized carbons (Fsp3) is 0.429. The molecule has 3 aromatic rings. The number of fused-ring (bicyclic) bond motifs is 1. The molecule has 4 aliphatic heterocycles. The Morgan fingerprint density at radius 3 is 1.66 bits per heavy atom. The molecule has 0 aliphatic carbocycles. The number of nitrogens with one attached hydrogen (secondary N) is 2. The van der Waals surface area contributed by atoms with Crippen molar-refractivity contribution in [2.75, 3.05) is 0 Å². The molecule has 4 aliphatic rings. The summed E-state index contributed by atoms with van der Waals surface area (Å²) in [6.07, 6.45) is 0.541. The van der Waals surface area contributed by atoms with Crippen LogP contribution < -0.4 is 16.6 Å². The number of nitrogens with two attached hydrogens (primary N) is 2. The standard InChI is InChI=1S/C14H16N3O3.C14H18NO3.C8H7NO.C6H11O2.H2N2.3Y/c1-9-7-13(10(2)19-9)20-14(18)12-6-4-3-5-11(12)8-16-17-15;1-9-7-13(10(2)17-9)18-14(16)12-6-4-3-5-11(12)8-15;10-8-7-4-2-1-3-6(7)5-9-8;1-4-3-6(7)5(2)8-4;1-2;;;/h3-6,9-10,13H,2,7-8H2,1H3;3-6,9-10,13H,2,7-8,15H2,1H3;1-4H,5H2,(H,9,10);4-7H,2-3H2,1H3;1-2H;;;/q2*-1;;-1;;;;/p+1/t2*9-,10+,13+;;4-,5+,6+;;;;/m00.0..../s1. The topological polar surface area (TPSA) is 254 Å². The first-order valence-corrected chi connectivity index (χ1v) is 18.9. The van der Waals surface area contributed by atoms with Crippen LogP contribution in [0.1, 0.15) is 87.8 Å². The predicted octanol–water partition coefficient (Wildman–Crippen LogP) is 4.77. The number of ether oxygens (including phenoxy) is 5. The number of azide groups is 1. The van der Waals surface area contributed by atoms with Gasteiger partial charge in [0.15, 0.2) is 0 Å². The maximum atomic E-state index is 12.2. The van der Waals surface area contributed by atoms with Crippen LogP contribution >= 0.6 is 0 Å². The average molecular weight is 1070 g/mol. The Kier molecular flexibility index (Phi) is 30.1. The molecule has 9 atom stereocenters. The predicted molar refractivity (Wildman–Crippen MR) is 213 cm³/mol. The molecule has 16 nitrogen and oxygen atoms in total. The molecule has 0 spiro atoms. The van der Waals surface area contributed by atoms with Gasteiger partial charge in [-0.15, -0.1) is 0 Å². The van der Waals surface area contributed by atoms with Crippen molar-refractivity contribution in [3.8, 4) is 0 Å². The Balaban J connectivity index is 0.000000803. The Bertz CT molecular complexity index is 1850. The van der Waals surface area contributed by atoms with E-state index in [1.54, 1.807) is 36.4 Å². The minimum Gasteiger partial charge on any atom is -0.459 e. The van der Waals surface area contributed by atoms with E-state index in [1.165, 1.54) is 0 Å². The van der Waals surface area contributed by atoms with Crippen molar-refractivity contribution in [2.45, 2.75) is 115 Å². The summed E-state index contributed by atoms with van der Waals surface area (Å²) in [6, 6.07) is 21.7. The van der Waals surface area contributed by atoms with Gasteiger partial charge in [0.2, 0.25) is 0 Å². The molecule has 1 amide bonds. The Morgan fingerprint density at radius 2 is 1.25 bits per heavy atom. The zero-order valence-electron chi connectivity index (χ0n) is 34.9. The van der Waals surface area contributed by atoms with Crippen molar-refractivity contribution < 1.29 is 147 Å². The van der Waals surface area contributed by atoms with Gasteiger partial charge < -0.3 is 60.6 Å². The summed E-state index contributed by atoms with van der Waals surface area (Å²) in [7, 11) is 0. The summed E-state index contributed by atoms with van der Waals surface area (Å²) in [6.45, 7) is 18.2. The molecule has 61 heavy (non-hydrogen) atoms. The number of hydrogen-bond donors (Lipinski definition) is 5. The number of amides is 1. The first-order chi connectivity index (χ1) is 27.8. The van der Waals surface area contributed by atoms with Crippen LogP contribution in [0.2, 0.25) is 0 Å². The number of aliphatic hydroxyl groups excluding tert-OH is 1. The van der Waals surface area contributed by atoms with E-state index in [4.69, 9.17) is 45.6 Å². The number of esters is 2. The fourth-order valence-corrected chi connectivity index (χ4v) is 6.46. The number of aliphatic hydroxyl groups is 1. The first-order valence-electron chi connectivity index (χ1n) is 18.9. The first kappa shape index (κ1) is 59.1. The normalized spacial score (nSPS) is 24.9. The molecule has 0 saturated carbocycles. The average Bonchev–Trinajstić information content (AvgIpc) is 3.95. The third-order valence-corrected chi connectivity index (χ3v) is 9.40. The summed E-state index contributed by atoms with van der Waals surface area (Å²) in [5, 5.41) is 15.2. The molecular formula is C42H55N7O9Y3-2. The third-order valence-electron chi connectivity index (χ3n) is 9.40. The number of carbonyl (C=O) groups excluding carboxylic acids is 3. The van der Waals surface area contributed by atoms with Crippen LogP contribution in [0, 0.1) is 26.3 Å². The molecule has 7 N–H and O–H groups in total. The van der Waals surface area contributed by atoms with E-state index < -0.39 is 5.97 Å². The van der Waals surface area contributed by atoms with Crippen LogP contribution in [0.15, 0.2) is 77.9 Å². The number of benzene rings is 3. The summed E-state index contributed by atoms with van der Waals surface area (Å²) in [5.41, 5.74) is 27.3. The quantitative estimate of drug-likeness (QED) is 0.0712. The Hall–Kier alpha value is -1.91. The van der Waals surface area contributed by atoms with E-state index in [9.17, 15) is 14.4 Å². The molecule has 0 unspecified atom stereocenters. The summed E-state index contributed by atoms with van der Waals surface area (Å²) in [4.78, 5) is 37.9. The second-order valence-electron chi connectivity index (χ2n) is 13.9. The van der Waals surface area contributed by atoms with Gasteiger partial charge in [-0.1, -0.05) is 65.2 Å². The van der Waals surface area contributed by atoms with Crippen molar-refractivity contribution in [3.63, 3.8) is 0 Å². The summed E-state index contributed by atoms with van der Waals surface area (Å²) in [5.74, 6) is -0.743. The van der Waals surface area contributed by atoms with E-state index in [0.717, 1.165) is 23.1 Å². The second kappa shape index (κ2) is 31.0. The van der Waals surface area contributed by atoms with Gasteiger partial charge in [-0.3, -0.25) is 4.79 Å². The molecule has 19 heteroatoms. The van der Waals surface area contributed by atoms with Crippen LogP contribution in [0.5, 0.6) is 0 Å². The van der Waals surface area contributed by atoms with Crippen molar-refractivity contribution >= 4 is 17.8 Å². The molecule has 3 saturated heterocycles. The Morgan fingerprint density at radius 1 is 0.803 bits per heavy atom. The molecule has 323 valence electrons. The van der Waals surface area contributed by atoms with Gasteiger partial charge in [-0.2, -0.15) is 5.53 Å². The second-order valence-corrected chi connectivity index (χ2v) is 13.9. The van der Waals surface area contributed by atoms with Crippen molar-refractivity contribution in [1.29, 1.82) is 5.53 Å². The van der Waals surface area contributed by atoms with Gasteiger partial charge in [0.1, 0.15) is 12.2 Å². The van der Waals surface area contributed by atoms with E-state index in [0.29, 0.717) is 42.6 Å². The van der Waals surface area contributed by atoms with Crippen molar-refractivity contribution in [2.24, 2.45) is 10.8 Å². The Labute approximate surface area is 433 Å². The van der Waals surface area contributed by atoms with Gasteiger partial charge in [-0.05, 0) is 85.9 Å². The molecule has 3 aromatic carbocycles. The van der Waals surface area contributed by atoms with Gasteiger partial charge in [-0.25, -0.2) is 9.59 Å². The molecule has 3 radical (unpaired) electrons. The van der Waals surface area contributed by atoms with E-state index in [1.807, 2.05) is 57.2 Å². The van der Waals surface area contributed by atoms with Gasteiger partial charge >= 0.3 is 11.9 Å². The number of hydrogen-bond acceptors (Lipinski definition) is 12. The minimum atomic E-state index is -0.440. The summed E-state index contributed by atoms with van der Waals surface area (Å²) < 4.78 is 26.9. The van der Waals surface area contributed by atoms with Crippen LogP contribution in [0.4, 0.5) is 0 Å². The number of carbonyl (C=O) groups is 3. The zero-order valence-corrected chi connectivity index (χ0v) is 43.4. The SMILES string of the molecule is N=[NH2+].O=C1NCc2ccccc21.[CH2-][C@H]1O[C@@H](C)C[C@H]1O.[CH2-][C@H]1O[C@@H](C)C[C@H]1OC(=O)c1ccccc1CN.[CH2-][C@H]1O[C@@H](C)C[C@H]1OC(=O)c1ccccc1CN=[N+]=[N-].[Y].[Y].[Y]. The van der Waals surface area contributed by atoms with Gasteiger partial charge in [0.05, 0.1) is 42.1 Å².